The predicted molar refractivity (Wildman–Crippen MR) is 81.9 cm³/mol. The first kappa shape index (κ1) is 17.7. The Morgan fingerprint density at radius 3 is 2.57 bits per heavy atom. The van der Waals surface area contributed by atoms with Crippen molar-refractivity contribution in [2.24, 2.45) is 5.41 Å². The van der Waals surface area contributed by atoms with Crippen molar-refractivity contribution in [3.8, 4) is 0 Å². The van der Waals surface area contributed by atoms with Crippen molar-refractivity contribution >= 4 is 35.1 Å². The number of carbonyl (C=O) groups excluding carboxylic acids is 1. The Labute approximate surface area is 133 Å². The number of nitrogens with zero attached hydrogens (tertiary/aromatic N) is 1. The minimum absolute atomic E-state index is 0.0903. The van der Waals surface area contributed by atoms with E-state index in [0.29, 0.717) is 19.4 Å². The molecule has 1 aromatic rings. The van der Waals surface area contributed by atoms with Crippen LogP contribution in [0.1, 0.15) is 43.6 Å². The molecule has 0 aliphatic carbocycles. The molecule has 1 heterocycles. The highest BCUT2D eigenvalue weighted by molar-refractivity contribution is 6.34. The maximum Gasteiger partial charge on any atom is 0.303 e. The SMILES string of the molecule is CC(C)(CCNC(=O)c1nc(Cl)ccc1Cl)CCC(=O)O. The Kier molecular flexibility index (Phi) is 6.42. The summed E-state index contributed by atoms with van der Waals surface area (Å²) in [6, 6.07) is 3.03. The zero-order valence-corrected chi connectivity index (χ0v) is 13.5. The number of hydrogen-bond acceptors (Lipinski definition) is 3. The number of nitrogens with one attached hydrogen (secondary N) is 1. The highest BCUT2D eigenvalue weighted by atomic mass is 35.5. The number of hydrogen-bond donors (Lipinski definition) is 2. The molecule has 0 fully saturated rings. The molecular weight excluding hydrogens is 315 g/mol. The van der Waals surface area contributed by atoms with Gasteiger partial charge < -0.3 is 10.4 Å². The van der Waals surface area contributed by atoms with E-state index in [2.05, 4.69) is 10.3 Å². The van der Waals surface area contributed by atoms with Gasteiger partial charge in [-0.2, -0.15) is 0 Å². The average Bonchev–Trinajstić information content (AvgIpc) is 2.39. The standard InChI is InChI=1S/C14H18Cl2N2O3/c1-14(2,6-5-11(19)20)7-8-17-13(21)12-9(15)3-4-10(16)18-12/h3-4H,5-8H2,1-2H3,(H,17,21)(H,19,20). The molecule has 0 saturated carbocycles. The Balaban J connectivity index is 2.50. The summed E-state index contributed by atoms with van der Waals surface area (Å²) in [6.45, 7) is 4.34. The van der Waals surface area contributed by atoms with Crippen LogP contribution in [0.3, 0.4) is 0 Å². The molecule has 1 rings (SSSR count). The second-order valence-electron chi connectivity index (χ2n) is 5.53. The van der Waals surface area contributed by atoms with Gasteiger partial charge in [0.2, 0.25) is 0 Å². The van der Waals surface area contributed by atoms with Gasteiger partial charge in [-0.25, -0.2) is 4.98 Å². The second kappa shape index (κ2) is 7.61. The lowest BCUT2D eigenvalue weighted by atomic mass is 9.84. The molecule has 0 bridgehead atoms. The van der Waals surface area contributed by atoms with E-state index in [0.717, 1.165) is 0 Å². The van der Waals surface area contributed by atoms with Gasteiger partial charge in [-0.3, -0.25) is 9.59 Å². The molecule has 0 unspecified atom stereocenters. The second-order valence-corrected chi connectivity index (χ2v) is 6.32. The number of carbonyl (C=O) groups is 2. The van der Waals surface area contributed by atoms with E-state index in [1.54, 1.807) is 0 Å². The van der Waals surface area contributed by atoms with Crippen LogP contribution >= 0.6 is 23.2 Å². The van der Waals surface area contributed by atoms with Gasteiger partial charge in [0.1, 0.15) is 10.8 Å². The van der Waals surface area contributed by atoms with Crippen LogP contribution < -0.4 is 5.32 Å². The van der Waals surface area contributed by atoms with Crippen LogP contribution in [0, 0.1) is 5.41 Å². The van der Waals surface area contributed by atoms with Gasteiger partial charge in [0, 0.05) is 13.0 Å². The molecule has 0 spiro atoms. The third kappa shape index (κ3) is 6.31. The normalized spacial score (nSPS) is 11.2. The fourth-order valence-electron chi connectivity index (χ4n) is 1.75. The molecule has 21 heavy (non-hydrogen) atoms. The lowest BCUT2D eigenvalue weighted by molar-refractivity contribution is -0.137. The Hall–Kier alpha value is -1.33. The summed E-state index contributed by atoms with van der Waals surface area (Å²) in [4.78, 5) is 26.4. The Bertz CT molecular complexity index is 533. The summed E-state index contributed by atoms with van der Waals surface area (Å²) in [5.41, 5.74) is -0.0791. The molecule has 2 N–H and O–H groups in total. The minimum Gasteiger partial charge on any atom is -0.481 e. The highest BCUT2D eigenvalue weighted by Gasteiger charge is 2.20. The number of halogens is 2. The first-order chi connectivity index (χ1) is 9.71. The summed E-state index contributed by atoms with van der Waals surface area (Å²) in [5.74, 6) is -1.21. The highest BCUT2D eigenvalue weighted by Crippen LogP contribution is 2.26. The number of carboxylic acids is 1. The van der Waals surface area contributed by atoms with Crippen LogP contribution in [0.2, 0.25) is 10.2 Å². The van der Waals surface area contributed by atoms with E-state index < -0.39 is 11.9 Å². The lowest BCUT2D eigenvalue weighted by Crippen LogP contribution is -2.29. The zero-order valence-electron chi connectivity index (χ0n) is 11.9. The predicted octanol–water partition coefficient (Wildman–Crippen LogP) is 3.40. The number of carboxylic acid groups (broad SMARTS) is 1. The minimum atomic E-state index is -0.818. The monoisotopic (exact) mass is 332 g/mol. The van der Waals surface area contributed by atoms with Crippen LogP contribution in [0.4, 0.5) is 0 Å². The molecular formula is C14H18Cl2N2O3. The molecule has 116 valence electrons. The first-order valence-electron chi connectivity index (χ1n) is 6.53. The van der Waals surface area contributed by atoms with E-state index in [-0.39, 0.29) is 27.7 Å². The van der Waals surface area contributed by atoms with Crippen molar-refractivity contribution in [3.05, 3.63) is 28.0 Å². The zero-order chi connectivity index (χ0) is 16.0. The molecule has 7 heteroatoms. The van der Waals surface area contributed by atoms with E-state index in [9.17, 15) is 9.59 Å². The van der Waals surface area contributed by atoms with E-state index in [1.165, 1.54) is 12.1 Å². The van der Waals surface area contributed by atoms with Gasteiger partial charge >= 0.3 is 5.97 Å². The van der Waals surface area contributed by atoms with Crippen molar-refractivity contribution in [1.29, 1.82) is 0 Å². The van der Waals surface area contributed by atoms with Gasteiger partial charge in [-0.1, -0.05) is 37.0 Å². The molecule has 0 aromatic carbocycles. The van der Waals surface area contributed by atoms with Crippen LogP contribution in [-0.2, 0) is 4.79 Å². The van der Waals surface area contributed by atoms with Crippen LogP contribution in [-0.4, -0.2) is 28.5 Å². The molecule has 1 aromatic heterocycles. The first-order valence-corrected chi connectivity index (χ1v) is 7.29. The maximum atomic E-state index is 12.0. The fraction of sp³-hybridized carbons (Fsp3) is 0.500. The van der Waals surface area contributed by atoms with Crippen molar-refractivity contribution in [2.45, 2.75) is 33.1 Å². The topological polar surface area (TPSA) is 79.3 Å². The largest absolute Gasteiger partial charge is 0.481 e. The quantitative estimate of drug-likeness (QED) is 0.750. The number of rotatable bonds is 7. The number of aliphatic carboxylic acids is 1. The van der Waals surface area contributed by atoms with Crippen LogP contribution in [0.15, 0.2) is 12.1 Å². The lowest BCUT2D eigenvalue weighted by Gasteiger charge is -2.23. The number of amides is 1. The van der Waals surface area contributed by atoms with Gasteiger partial charge in [0.05, 0.1) is 5.02 Å². The van der Waals surface area contributed by atoms with E-state index in [1.807, 2.05) is 13.8 Å². The van der Waals surface area contributed by atoms with Crippen molar-refractivity contribution in [3.63, 3.8) is 0 Å². The van der Waals surface area contributed by atoms with Crippen LogP contribution in [0.25, 0.3) is 0 Å². The molecule has 5 nitrogen and oxygen atoms in total. The summed E-state index contributed by atoms with van der Waals surface area (Å²) in [6.07, 6.45) is 1.32. The van der Waals surface area contributed by atoms with Gasteiger partial charge in [0.25, 0.3) is 5.91 Å². The van der Waals surface area contributed by atoms with E-state index >= 15 is 0 Å². The maximum absolute atomic E-state index is 12.0. The summed E-state index contributed by atoms with van der Waals surface area (Å²) in [7, 11) is 0. The summed E-state index contributed by atoms with van der Waals surface area (Å²) >= 11 is 11.6. The Morgan fingerprint density at radius 2 is 1.95 bits per heavy atom. The fourth-order valence-corrected chi connectivity index (χ4v) is 2.08. The van der Waals surface area contributed by atoms with Gasteiger partial charge in [-0.05, 0) is 30.4 Å². The average molecular weight is 333 g/mol. The third-order valence-corrected chi connectivity index (χ3v) is 3.65. The smallest absolute Gasteiger partial charge is 0.303 e. The molecule has 0 aliphatic heterocycles. The number of aromatic nitrogens is 1. The van der Waals surface area contributed by atoms with Crippen LogP contribution in [0.5, 0.6) is 0 Å². The molecule has 0 atom stereocenters. The molecule has 0 radical (unpaired) electrons. The third-order valence-electron chi connectivity index (χ3n) is 3.13. The van der Waals surface area contributed by atoms with Gasteiger partial charge in [0.15, 0.2) is 0 Å². The summed E-state index contributed by atoms with van der Waals surface area (Å²) < 4.78 is 0. The Morgan fingerprint density at radius 1 is 1.29 bits per heavy atom. The molecule has 0 aliphatic rings. The molecule has 1 amide bonds. The van der Waals surface area contributed by atoms with Crippen molar-refractivity contribution in [2.75, 3.05) is 6.54 Å². The number of pyridine rings is 1. The summed E-state index contributed by atoms with van der Waals surface area (Å²) in [5, 5.41) is 11.8. The molecule has 0 saturated heterocycles. The van der Waals surface area contributed by atoms with E-state index in [4.69, 9.17) is 28.3 Å². The van der Waals surface area contributed by atoms with Crippen molar-refractivity contribution < 1.29 is 14.7 Å². The van der Waals surface area contributed by atoms with Gasteiger partial charge in [-0.15, -0.1) is 0 Å². The van der Waals surface area contributed by atoms with Crippen molar-refractivity contribution in [1.82, 2.24) is 10.3 Å².